The first-order chi connectivity index (χ1) is 10.5. The number of likely N-dealkylation sites (N-methyl/N-ethyl adjacent to an activating group) is 1. The minimum absolute atomic E-state index is 0.178. The zero-order valence-electron chi connectivity index (χ0n) is 12.2. The number of phenols is 1. The van der Waals surface area contributed by atoms with Gasteiger partial charge in [-0.15, -0.1) is 0 Å². The average Bonchev–Trinajstić information content (AvgIpc) is 2.83. The van der Waals surface area contributed by atoms with Crippen LogP contribution in [0.25, 0.3) is 0 Å². The molecule has 0 radical (unpaired) electrons. The van der Waals surface area contributed by atoms with Gasteiger partial charge in [0.25, 0.3) is 0 Å². The van der Waals surface area contributed by atoms with Crippen LogP contribution in [-0.2, 0) is 32.9 Å². The van der Waals surface area contributed by atoms with Crippen molar-refractivity contribution in [1.82, 2.24) is 4.90 Å². The molecule has 5 heteroatoms. The van der Waals surface area contributed by atoms with E-state index in [0.29, 0.717) is 17.7 Å². The van der Waals surface area contributed by atoms with Crippen molar-refractivity contribution in [3.8, 4) is 11.5 Å². The van der Waals surface area contributed by atoms with E-state index in [9.17, 15) is 10.2 Å². The van der Waals surface area contributed by atoms with Gasteiger partial charge >= 0.3 is 142 Å². The van der Waals surface area contributed by atoms with Gasteiger partial charge in [0.05, 0.1) is 0 Å². The molecule has 0 aromatic heterocycles. The molecule has 0 saturated carbocycles. The zero-order valence-corrected chi connectivity index (χ0v) is 14.4. The van der Waals surface area contributed by atoms with E-state index in [4.69, 9.17) is 4.74 Å². The Morgan fingerprint density at radius 2 is 2.23 bits per heavy atom. The molecule has 2 heterocycles. The van der Waals surface area contributed by atoms with E-state index < -0.39 is 6.10 Å². The summed E-state index contributed by atoms with van der Waals surface area (Å²) in [5.41, 5.74) is 2.30. The van der Waals surface area contributed by atoms with Crippen LogP contribution in [-0.4, -0.2) is 47.0 Å². The Bertz CT molecular complexity index is 718. The van der Waals surface area contributed by atoms with Crippen molar-refractivity contribution in [3.63, 3.8) is 0 Å². The summed E-state index contributed by atoms with van der Waals surface area (Å²) in [5, 5.41) is 20.9. The van der Waals surface area contributed by atoms with Gasteiger partial charge in [-0.25, -0.2) is 0 Å². The van der Waals surface area contributed by atoms with Crippen LogP contribution in [0.3, 0.4) is 0 Å². The molecule has 0 unspecified atom stereocenters. The van der Waals surface area contributed by atoms with Crippen LogP contribution in [0.5, 0.6) is 11.5 Å². The van der Waals surface area contributed by atoms with Crippen LogP contribution < -0.4 is 8.52 Å². The van der Waals surface area contributed by atoms with Gasteiger partial charge in [0.15, 0.2) is 0 Å². The number of aliphatic hydroxyl groups is 1. The van der Waals surface area contributed by atoms with Crippen LogP contribution in [0.1, 0.15) is 17.5 Å². The Morgan fingerprint density at radius 1 is 1.41 bits per heavy atom. The first-order valence-electron chi connectivity index (χ1n) is 7.78. The van der Waals surface area contributed by atoms with Crippen LogP contribution in [0.4, 0.5) is 0 Å². The third-order valence-corrected chi connectivity index (χ3v) is 7.16. The van der Waals surface area contributed by atoms with Gasteiger partial charge in [-0.05, 0) is 0 Å². The molecular formula is C17H18AuNO3. The summed E-state index contributed by atoms with van der Waals surface area (Å²) in [7, 11) is 2.19. The molecule has 0 amide bonds. The van der Waals surface area contributed by atoms with Crippen LogP contribution >= 0.6 is 0 Å². The van der Waals surface area contributed by atoms with E-state index in [1.807, 2.05) is 6.08 Å². The second-order valence-corrected chi connectivity index (χ2v) is 8.17. The van der Waals surface area contributed by atoms with Gasteiger partial charge in [-0.3, -0.25) is 0 Å². The summed E-state index contributed by atoms with van der Waals surface area (Å²) in [6.07, 6.45) is 5.15. The Labute approximate surface area is 141 Å². The number of hydrogen-bond donors (Lipinski definition) is 2. The Kier molecular flexibility index (Phi) is 2.60. The van der Waals surface area contributed by atoms with E-state index in [2.05, 4.69) is 39.1 Å². The summed E-state index contributed by atoms with van der Waals surface area (Å²) in [5.74, 6) is 1.18. The van der Waals surface area contributed by atoms with Crippen molar-refractivity contribution in [2.45, 2.75) is 36.5 Å². The second-order valence-electron chi connectivity index (χ2n) is 7.00. The number of ether oxygens (including phenoxy) is 1. The van der Waals surface area contributed by atoms with Gasteiger partial charge < -0.3 is 0 Å². The SMILES string of the molecule is CN1CC[C@]23c4c5[c]([Au])cc(O)c4O[C@H]2[C@@H](O)C=C[C@H]3[C@H]1C5. The van der Waals surface area contributed by atoms with E-state index in [-0.39, 0.29) is 17.3 Å². The molecule has 4 aliphatic rings. The monoisotopic (exact) mass is 481 g/mol. The number of aliphatic hydroxyl groups excluding tert-OH is 1. The van der Waals surface area contributed by atoms with Gasteiger partial charge in [0.2, 0.25) is 0 Å². The molecule has 22 heavy (non-hydrogen) atoms. The van der Waals surface area contributed by atoms with Crippen LogP contribution in [0, 0.1) is 5.92 Å². The van der Waals surface area contributed by atoms with Crippen LogP contribution in [0.15, 0.2) is 18.2 Å². The van der Waals surface area contributed by atoms with Crippen LogP contribution in [0.2, 0.25) is 0 Å². The summed E-state index contributed by atoms with van der Waals surface area (Å²) < 4.78 is 7.22. The third-order valence-electron chi connectivity index (χ3n) is 6.19. The number of aromatic hydroxyl groups is 1. The number of hydrogen-bond acceptors (Lipinski definition) is 4. The molecule has 1 saturated heterocycles. The number of rotatable bonds is 0. The fourth-order valence-electron chi connectivity index (χ4n) is 5.25. The Balaban J connectivity index is 1.87. The second kappa shape index (κ2) is 4.19. The van der Waals surface area contributed by atoms with Gasteiger partial charge in [-0.1, -0.05) is 0 Å². The molecule has 1 fully saturated rings. The summed E-state index contributed by atoms with van der Waals surface area (Å²) in [6.45, 7) is 1.00. The van der Waals surface area contributed by atoms with Gasteiger partial charge in [0, 0.05) is 0 Å². The van der Waals surface area contributed by atoms with Crippen molar-refractivity contribution in [2.24, 2.45) is 5.92 Å². The predicted molar refractivity (Wildman–Crippen MR) is 77.2 cm³/mol. The molecule has 5 rings (SSSR count). The molecule has 2 N–H and O–H groups in total. The van der Waals surface area contributed by atoms with Crippen molar-refractivity contribution in [2.75, 3.05) is 13.6 Å². The maximum atomic E-state index is 10.5. The molecule has 5 atom stereocenters. The molecule has 2 aliphatic heterocycles. The van der Waals surface area contributed by atoms with E-state index >= 15 is 0 Å². The number of phenolic OH excluding ortho intramolecular Hbond substituents is 1. The van der Waals surface area contributed by atoms with Gasteiger partial charge in [0.1, 0.15) is 0 Å². The Hall–Kier alpha value is -0.780. The number of benzene rings is 1. The number of nitrogens with zero attached hydrogens (tertiary/aromatic N) is 1. The summed E-state index contributed by atoms with van der Waals surface area (Å²) >= 11 is 2.53. The van der Waals surface area contributed by atoms with E-state index in [1.54, 1.807) is 6.07 Å². The molecule has 120 valence electrons. The van der Waals surface area contributed by atoms with Gasteiger partial charge in [-0.2, -0.15) is 0 Å². The molecule has 1 spiro atoms. The standard InChI is InChI=1S/C17H18NO3.Au/c1-18-7-6-17-10-3-5-13(20)16(17)21-15-12(19)4-2-9(14(15)17)8-11(10)18;/h3-5,10-11,13,16,19-20H,6-8H2,1H3;/t10-,11+,13-,16-,17-;/m0./s1. The summed E-state index contributed by atoms with van der Waals surface area (Å²) in [6, 6.07) is 2.23. The maximum absolute atomic E-state index is 10.5. The Morgan fingerprint density at radius 3 is 3.05 bits per heavy atom. The normalized spacial score (nSPS) is 41.3. The number of likely N-dealkylation sites (tertiary alicyclic amines) is 1. The molecular weight excluding hydrogens is 463 g/mol. The van der Waals surface area contributed by atoms with Crippen molar-refractivity contribution in [3.05, 3.63) is 29.3 Å². The predicted octanol–water partition coefficient (Wildman–Crippen LogP) is 0.370. The van der Waals surface area contributed by atoms with Crippen molar-refractivity contribution >= 4 is 3.78 Å². The van der Waals surface area contributed by atoms with E-state index in [0.717, 1.165) is 23.2 Å². The molecule has 1 aromatic carbocycles. The van der Waals surface area contributed by atoms with Crippen molar-refractivity contribution < 1.29 is 36.0 Å². The quantitative estimate of drug-likeness (QED) is 0.416. The first-order valence-corrected chi connectivity index (χ1v) is 8.86. The average molecular weight is 481 g/mol. The minimum atomic E-state index is -0.603. The molecule has 2 aliphatic carbocycles. The molecule has 4 nitrogen and oxygen atoms in total. The summed E-state index contributed by atoms with van der Waals surface area (Å²) in [4.78, 5) is 2.44. The fourth-order valence-corrected chi connectivity index (χ4v) is 6.04. The fraction of sp³-hybridized carbons (Fsp3) is 0.529. The molecule has 2 bridgehead atoms. The van der Waals surface area contributed by atoms with Crippen molar-refractivity contribution in [1.29, 1.82) is 0 Å². The third kappa shape index (κ3) is 1.37. The zero-order chi connectivity index (χ0) is 15.2. The first kappa shape index (κ1) is 13.6. The molecule has 1 aromatic rings. The van der Waals surface area contributed by atoms with E-state index in [1.165, 1.54) is 11.1 Å². The topological polar surface area (TPSA) is 52.9 Å². The number of piperidine rings is 1.